The number of nitrogens with two attached hydrogens (primary N) is 1. The Hall–Kier alpha value is 0.120. The third-order valence-electron chi connectivity index (χ3n) is 3.69. The summed E-state index contributed by atoms with van der Waals surface area (Å²) in [5.41, 5.74) is 5.66. The molecule has 0 heterocycles. The van der Waals surface area contributed by atoms with Gasteiger partial charge in [0.2, 0.25) is 0 Å². The Balaban J connectivity index is 2.36. The van der Waals surface area contributed by atoms with E-state index in [1.54, 1.807) is 0 Å². The standard InChI is InChI=1S/C14H26INO3/c1-3-14(2,15)18-10-12(9-16)19-13(17)11-7-5-4-6-8-11/h11-12H,3-10,16H2,1-2H3. The zero-order valence-corrected chi connectivity index (χ0v) is 14.1. The molecule has 0 aliphatic heterocycles. The molecule has 0 spiro atoms. The highest BCUT2D eigenvalue weighted by Gasteiger charge is 2.26. The first-order valence-electron chi connectivity index (χ1n) is 7.22. The smallest absolute Gasteiger partial charge is 0.309 e. The highest BCUT2D eigenvalue weighted by molar-refractivity contribution is 14.1. The SMILES string of the molecule is CCC(C)(I)OCC(CN)OC(=O)C1CCCCC1. The van der Waals surface area contributed by atoms with E-state index in [1.165, 1.54) is 6.42 Å². The van der Waals surface area contributed by atoms with Gasteiger partial charge in [-0.2, -0.15) is 0 Å². The number of ether oxygens (including phenoxy) is 2. The fraction of sp³-hybridized carbons (Fsp3) is 0.929. The van der Waals surface area contributed by atoms with Crippen LogP contribution < -0.4 is 5.73 Å². The van der Waals surface area contributed by atoms with Crippen LogP contribution in [0.1, 0.15) is 52.4 Å². The third-order valence-corrected chi connectivity index (χ3v) is 4.76. The Morgan fingerprint density at radius 1 is 1.42 bits per heavy atom. The molecule has 0 amide bonds. The Bertz CT molecular complexity index is 278. The lowest BCUT2D eigenvalue weighted by molar-refractivity contribution is -0.159. The summed E-state index contributed by atoms with van der Waals surface area (Å²) >= 11 is 2.26. The van der Waals surface area contributed by atoms with Crippen LogP contribution in [0.3, 0.4) is 0 Å². The van der Waals surface area contributed by atoms with E-state index in [0.29, 0.717) is 13.2 Å². The van der Waals surface area contributed by atoms with Gasteiger partial charge in [0, 0.05) is 6.54 Å². The van der Waals surface area contributed by atoms with Gasteiger partial charge in [0.05, 0.1) is 12.5 Å². The van der Waals surface area contributed by atoms with Gasteiger partial charge in [-0.15, -0.1) is 0 Å². The molecule has 1 saturated carbocycles. The first-order chi connectivity index (χ1) is 8.98. The third kappa shape index (κ3) is 6.40. The summed E-state index contributed by atoms with van der Waals surface area (Å²) in [6.45, 7) is 4.78. The van der Waals surface area contributed by atoms with E-state index in [2.05, 4.69) is 29.5 Å². The van der Waals surface area contributed by atoms with Crippen LogP contribution in [0.5, 0.6) is 0 Å². The molecule has 2 N–H and O–H groups in total. The van der Waals surface area contributed by atoms with Gasteiger partial charge in [0.25, 0.3) is 0 Å². The van der Waals surface area contributed by atoms with E-state index in [-0.39, 0.29) is 21.6 Å². The minimum absolute atomic E-state index is 0.0694. The molecular weight excluding hydrogens is 357 g/mol. The number of alkyl halides is 1. The monoisotopic (exact) mass is 383 g/mol. The summed E-state index contributed by atoms with van der Waals surface area (Å²) < 4.78 is 11.0. The minimum atomic E-state index is -0.324. The number of carbonyl (C=O) groups excluding carboxylic acids is 1. The van der Waals surface area contributed by atoms with Crippen molar-refractivity contribution < 1.29 is 14.3 Å². The van der Waals surface area contributed by atoms with Crippen molar-refractivity contribution in [1.29, 1.82) is 0 Å². The Kier molecular flexibility index (Phi) is 7.61. The maximum absolute atomic E-state index is 12.0. The highest BCUT2D eigenvalue weighted by Crippen LogP contribution is 2.26. The second-order valence-corrected chi connectivity index (χ2v) is 7.68. The van der Waals surface area contributed by atoms with Gasteiger partial charge in [0.1, 0.15) is 9.71 Å². The lowest BCUT2D eigenvalue weighted by atomic mass is 9.89. The molecule has 0 saturated heterocycles. The topological polar surface area (TPSA) is 61.6 Å². The number of halogens is 1. The van der Waals surface area contributed by atoms with Crippen LogP contribution in [0.15, 0.2) is 0 Å². The number of esters is 1. The largest absolute Gasteiger partial charge is 0.458 e. The molecule has 1 rings (SSSR count). The van der Waals surface area contributed by atoms with Crippen LogP contribution in [0.4, 0.5) is 0 Å². The normalized spacial score (nSPS) is 21.7. The van der Waals surface area contributed by atoms with Gasteiger partial charge in [-0.05, 0) is 48.8 Å². The average Bonchev–Trinajstić information content (AvgIpc) is 2.44. The summed E-state index contributed by atoms with van der Waals surface area (Å²) in [4.78, 5) is 12.0. The average molecular weight is 383 g/mol. The number of hydrogen-bond donors (Lipinski definition) is 1. The van der Waals surface area contributed by atoms with Crippen molar-refractivity contribution in [3.05, 3.63) is 0 Å². The summed E-state index contributed by atoms with van der Waals surface area (Å²) in [7, 11) is 0. The molecule has 1 aliphatic carbocycles. The molecule has 19 heavy (non-hydrogen) atoms. The van der Waals surface area contributed by atoms with Gasteiger partial charge in [0.15, 0.2) is 0 Å². The molecule has 2 atom stereocenters. The van der Waals surface area contributed by atoms with Gasteiger partial charge >= 0.3 is 5.97 Å². The van der Waals surface area contributed by atoms with E-state index in [0.717, 1.165) is 32.1 Å². The molecule has 0 bridgehead atoms. The lowest BCUT2D eigenvalue weighted by Gasteiger charge is -2.27. The first-order valence-corrected chi connectivity index (χ1v) is 8.30. The second kappa shape index (κ2) is 8.42. The van der Waals surface area contributed by atoms with Crippen LogP contribution in [0, 0.1) is 5.92 Å². The first kappa shape index (κ1) is 17.2. The maximum Gasteiger partial charge on any atom is 0.309 e. The van der Waals surface area contributed by atoms with Gasteiger partial charge in [-0.25, -0.2) is 0 Å². The molecule has 4 nitrogen and oxygen atoms in total. The molecule has 5 heteroatoms. The second-order valence-electron chi connectivity index (χ2n) is 5.40. The highest BCUT2D eigenvalue weighted by atomic mass is 127. The van der Waals surface area contributed by atoms with Gasteiger partial charge in [-0.3, -0.25) is 4.79 Å². The van der Waals surface area contributed by atoms with Crippen LogP contribution >= 0.6 is 22.6 Å². The summed E-state index contributed by atoms with van der Waals surface area (Å²) in [5, 5.41) is 0. The molecule has 1 aliphatic rings. The van der Waals surface area contributed by atoms with Gasteiger partial charge < -0.3 is 15.2 Å². The van der Waals surface area contributed by atoms with E-state index in [9.17, 15) is 4.79 Å². The van der Waals surface area contributed by atoms with Crippen molar-refractivity contribution in [2.75, 3.05) is 13.2 Å². The zero-order chi connectivity index (χ0) is 14.3. The van der Waals surface area contributed by atoms with Crippen molar-refractivity contribution in [3.8, 4) is 0 Å². The minimum Gasteiger partial charge on any atom is -0.458 e. The quantitative estimate of drug-likeness (QED) is 0.417. The molecule has 2 unspecified atom stereocenters. The van der Waals surface area contributed by atoms with Crippen molar-refractivity contribution in [3.63, 3.8) is 0 Å². The fourth-order valence-corrected chi connectivity index (χ4v) is 2.30. The van der Waals surface area contributed by atoms with E-state index >= 15 is 0 Å². The van der Waals surface area contributed by atoms with E-state index < -0.39 is 0 Å². The lowest BCUT2D eigenvalue weighted by Crippen LogP contribution is -2.36. The molecular formula is C14H26INO3. The summed E-state index contributed by atoms with van der Waals surface area (Å²) in [6, 6.07) is 0. The molecule has 0 aromatic carbocycles. The van der Waals surface area contributed by atoms with Crippen molar-refractivity contribution in [1.82, 2.24) is 0 Å². The van der Waals surface area contributed by atoms with Crippen LogP contribution in [-0.4, -0.2) is 28.8 Å². The number of carbonyl (C=O) groups is 1. The Morgan fingerprint density at radius 2 is 2.05 bits per heavy atom. The Labute approximate surface area is 129 Å². The predicted molar refractivity (Wildman–Crippen MR) is 84.2 cm³/mol. The van der Waals surface area contributed by atoms with Crippen LogP contribution in [0.2, 0.25) is 0 Å². The van der Waals surface area contributed by atoms with Crippen molar-refractivity contribution >= 4 is 28.6 Å². The van der Waals surface area contributed by atoms with Crippen molar-refractivity contribution in [2.24, 2.45) is 11.7 Å². The van der Waals surface area contributed by atoms with Crippen molar-refractivity contribution in [2.45, 2.75) is 62.1 Å². The number of hydrogen-bond acceptors (Lipinski definition) is 4. The predicted octanol–water partition coefficient (Wildman–Crippen LogP) is 3.02. The molecule has 112 valence electrons. The zero-order valence-electron chi connectivity index (χ0n) is 12.0. The molecule has 0 aromatic heterocycles. The Morgan fingerprint density at radius 3 is 2.58 bits per heavy atom. The summed E-state index contributed by atoms with van der Waals surface area (Å²) in [6.07, 6.45) is 5.98. The molecule has 0 aromatic rings. The van der Waals surface area contributed by atoms with Crippen LogP contribution in [0.25, 0.3) is 0 Å². The van der Waals surface area contributed by atoms with Gasteiger partial charge in [-0.1, -0.05) is 26.2 Å². The van der Waals surface area contributed by atoms with E-state index in [4.69, 9.17) is 15.2 Å². The summed E-state index contributed by atoms with van der Waals surface area (Å²) in [5.74, 6) is -0.0228. The number of rotatable bonds is 7. The van der Waals surface area contributed by atoms with Crippen LogP contribution in [-0.2, 0) is 14.3 Å². The fourth-order valence-electron chi connectivity index (χ4n) is 2.12. The van der Waals surface area contributed by atoms with E-state index in [1.807, 2.05) is 6.92 Å². The molecule has 0 radical (unpaired) electrons. The molecule has 1 fully saturated rings. The maximum atomic E-state index is 12.0.